The SMILES string of the molecule is NC(=S)c1cc(C(F)(F)F)ccc1N1CCCC(CO)C1. The zero-order valence-electron chi connectivity index (χ0n) is 11.4. The quantitative estimate of drug-likeness (QED) is 0.841. The van der Waals surface area contributed by atoms with Crippen LogP contribution in [0.15, 0.2) is 18.2 Å². The van der Waals surface area contributed by atoms with E-state index in [0.717, 1.165) is 31.5 Å². The molecule has 0 saturated carbocycles. The maximum atomic E-state index is 12.8. The number of aliphatic hydroxyl groups excluding tert-OH is 1. The second-order valence-corrected chi connectivity index (χ2v) is 5.67. The van der Waals surface area contributed by atoms with Gasteiger partial charge in [0, 0.05) is 30.9 Å². The van der Waals surface area contributed by atoms with Crippen LogP contribution in [0.2, 0.25) is 0 Å². The molecule has 1 saturated heterocycles. The smallest absolute Gasteiger partial charge is 0.396 e. The number of hydrogen-bond acceptors (Lipinski definition) is 3. The number of nitrogens with zero attached hydrogens (tertiary/aromatic N) is 1. The van der Waals surface area contributed by atoms with Crippen molar-refractivity contribution in [1.29, 1.82) is 0 Å². The largest absolute Gasteiger partial charge is 0.416 e. The topological polar surface area (TPSA) is 49.5 Å². The Kier molecular flexibility index (Phi) is 4.73. The van der Waals surface area contributed by atoms with Crippen molar-refractivity contribution in [3.63, 3.8) is 0 Å². The van der Waals surface area contributed by atoms with Crippen molar-refractivity contribution >= 4 is 22.9 Å². The number of piperidine rings is 1. The molecule has 1 aliphatic rings. The van der Waals surface area contributed by atoms with E-state index in [9.17, 15) is 18.3 Å². The fraction of sp³-hybridized carbons (Fsp3) is 0.500. The summed E-state index contributed by atoms with van der Waals surface area (Å²) in [7, 11) is 0. The summed E-state index contributed by atoms with van der Waals surface area (Å²) in [5.41, 5.74) is 5.67. The Hall–Kier alpha value is -1.34. The first-order chi connectivity index (χ1) is 9.82. The lowest BCUT2D eigenvalue weighted by atomic mass is 9.97. The molecule has 0 aromatic heterocycles. The lowest BCUT2D eigenvalue weighted by Gasteiger charge is -2.35. The van der Waals surface area contributed by atoms with Gasteiger partial charge in [-0.2, -0.15) is 13.2 Å². The summed E-state index contributed by atoms with van der Waals surface area (Å²) < 4.78 is 38.4. The van der Waals surface area contributed by atoms with Crippen molar-refractivity contribution in [2.24, 2.45) is 11.7 Å². The Morgan fingerprint density at radius 3 is 2.71 bits per heavy atom. The van der Waals surface area contributed by atoms with Gasteiger partial charge >= 0.3 is 6.18 Å². The molecule has 116 valence electrons. The highest BCUT2D eigenvalue weighted by Crippen LogP contribution is 2.34. The first-order valence-electron chi connectivity index (χ1n) is 6.69. The summed E-state index contributed by atoms with van der Waals surface area (Å²) in [4.78, 5) is 1.89. The van der Waals surface area contributed by atoms with E-state index in [0.29, 0.717) is 12.2 Å². The van der Waals surface area contributed by atoms with E-state index < -0.39 is 11.7 Å². The lowest BCUT2D eigenvalue weighted by molar-refractivity contribution is -0.137. The zero-order valence-corrected chi connectivity index (χ0v) is 12.2. The first kappa shape index (κ1) is 16.0. The van der Waals surface area contributed by atoms with Crippen LogP contribution in [0.1, 0.15) is 24.0 Å². The Labute approximate surface area is 126 Å². The van der Waals surface area contributed by atoms with Gasteiger partial charge in [-0.3, -0.25) is 0 Å². The van der Waals surface area contributed by atoms with Gasteiger partial charge in [0.15, 0.2) is 0 Å². The molecule has 0 radical (unpaired) electrons. The molecule has 1 unspecified atom stereocenters. The summed E-state index contributed by atoms with van der Waals surface area (Å²) in [5.74, 6) is 0.125. The number of nitrogens with two attached hydrogens (primary N) is 1. The average molecular weight is 318 g/mol. The molecule has 0 bridgehead atoms. The third-order valence-electron chi connectivity index (χ3n) is 3.71. The van der Waals surface area contributed by atoms with E-state index in [1.165, 1.54) is 6.07 Å². The van der Waals surface area contributed by atoms with Gasteiger partial charge in [0.2, 0.25) is 0 Å². The number of thiocarbonyl (C=S) groups is 1. The van der Waals surface area contributed by atoms with E-state index in [4.69, 9.17) is 18.0 Å². The maximum absolute atomic E-state index is 12.8. The van der Waals surface area contributed by atoms with Gasteiger partial charge in [0.1, 0.15) is 4.99 Å². The van der Waals surface area contributed by atoms with E-state index in [2.05, 4.69) is 0 Å². The highest BCUT2D eigenvalue weighted by atomic mass is 32.1. The molecule has 7 heteroatoms. The van der Waals surface area contributed by atoms with Gasteiger partial charge in [-0.1, -0.05) is 12.2 Å². The molecular formula is C14H17F3N2OS. The van der Waals surface area contributed by atoms with Crippen molar-refractivity contribution in [2.75, 3.05) is 24.6 Å². The summed E-state index contributed by atoms with van der Waals surface area (Å²) in [6.45, 7) is 1.38. The molecule has 0 amide bonds. The third-order valence-corrected chi connectivity index (χ3v) is 3.93. The minimum atomic E-state index is -4.42. The van der Waals surface area contributed by atoms with Crippen LogP contribution in [0.25, 0.3) is 0 Å². The number of rotatable bonds is 3. The number of anilines is 1. The average Bonchev–Trinajstić information content (AvgIpc) is 2.45. The predicted molar refractivity (Wildman–Crippen MR) is 79.4 cm³/mol. The minimum Gasteiger partial charge on any atom is -0.396 e. The Morgan fingerprint density at radius 2 is 2.14 bits per heavy atom. The summed E-state index contributed by atoms with van der Waals surface area (Å²) >= 11 is 4.89. The molecule has 21 heavy (non-hydrogen) atoms. The van der Waals surface area contributed by atoms with E-state index >= 15 is 0 Å². The maximum Gasteiger partial charge on any atom is 0.416 e. The highest BCUT2D eigenvalue weighted by molar-refractivity contribution is 7.80. The molecule has 1 aromatic carbocycles. The summed E-state index contributed by atoms with van der Waals surface area (Å²) in [6, 6.07) is 3.46. The van der Waals surface area contributed by atoms with Gasteiger partial charge in [0.25, 0.3) is 0 Å². The van der Waals surface area contributed by atoms with Crippen LogP contribution in [-0.4, -0.2) is 29.8 Å². The van der Waals surface area contributed by atoms with Gasteiger partial charge in [0.05, 0.1) is 5.56 Å². The molecule has 0 spiro atoms. The van der Waals surface area contributed by atoms with Crippen LogP contribution in [0.3, 0.4) is 0 Å². The van der Waals surface area contributed by atoms with Crippen molar-refractivity contribution in [2.45, 2.75) is 19.0 Å². The first-order valence-corrected chi connectivity index (χ1v) is 7.10. The molecule has 1 aromatic rings. The van der Waals surface area contributed by atoms with Crippen LogP contribution in [0.5, 0.6) is 0 Å². The van der Waals surface area contributed by atoms with Crippen LogP contribution in [0.4, 0.5) is 18.9 Å². The van der Waals surface area contributed by atoms with E-state index in [1.54, 1.807) is 0 Å². The molecule has 1 atom stereocenters. The molecule has 0 aliphatic carbocycles. The third kappa shape index (κ3) is 3.65. The van der Waals surface area contributed by atoms with Gasteiger partial charge in [-0.05, 0) is 37.0 Å². The fourth-order valence-electron chi connectivity index (χ4n) is 2.62. The van der Waals surface area contributed by atoms with Crippen molar-refractivity contribution in [3.05, 3.63) is 29.3 Å². The molecule has 1 heterocycles. The van der Waals surface area contributed by atoms with Crippen LogP contribution in [0, 0.1) is 5.92 Å². The van der Waals surface area contributed by atoms with Gasteiger partial charge in [-0.25, -0.2) is 0 Å². The number of benzene rings is 1. The number of aliphatic hydroxyl groups is 1. The van der Waals surface area contributed by atoms with E-state index in [-0.39, 0.29) is 23.1 Å². The van der Waals surface area contributed by atoms with E-state index in [1.807, 2.05) is 4.90 Å². The highest BCUT2D eigenvalue weighted by Gasteiger charge is 2.32. The standard InChI is InChI=1S/C14H17F3N2OS/c15-14(16,17)10-3-4-12(11(6-10)13(18)21)19-5-1-2-9(7-19)8-20/h3-4,6,9,20H,1-2,5,7-8H2,(H2,18,21). The van der Waals surface area contributed by atoms with Crippen molar-refractivity contribution in [1.82, 2.24) is 0 Å². The molecule has 1 fully saturated rings. The Balaban J connectivity index is 2.37. The Bertz CT molecular complexity index is 533. The molecule has 3 N–H and O–H groups in total. The number of alkyl halides is 3. The molecule has 1 aliphatic heterocycles. The normalized spacial score (nSPS) is 19.6. The predicted octanol–water partition coefficient (Wildman–Crippen LogP) is 2.55. The summed E-state index contributed by atoms with van der Waals surface area (Å²) in [5, 5.41) is 9.26. The van der Waals surface area contributed by atoms with Gasteiger partial charge in [-0.15, -0.1) is 0 Å². The lowest BCUT2D eigenvalue weighted by Crippen LogP contribution is -2.38. The molecule has 3 nitrogen and oxygen atoms in total. The second kappa shape index (κ2) is 6.19. The van der Waals surface area contributed by atoms with Crippen molar-refractivity contribution < 1.29 is 18.3 Å². The number of hydrogen-bond donors (Lipinski definition) is 2. The molecule has 2 rings (SSSR count). The Morgan fingerprint density at radius 1 is 1.43 bits per heavy atom. The van der Waals surface area contributed by atoms with Gasteiger partial charge < -0.3 is 15.7 Å². The van der Waals surface area contributed by atoms with Crippen LogP contribution < -0.4 is 10.6 Å². The van der Waals surface area contributed by atoms with Crippen molar-refractivity contribution in [3.8, 4) is 0 Å². The van der Waals surface area contributed by atoms with Crippen LogP contribution >= 0.6 is 12.2 Å². The second-order valence-electron chi connectivity index (χ2n) is 5.23. The number of halogens is 3. The summed E-state index contributed by atoms with van der Waals surface area (Å²) in [6.07, 6.45) is -2.63. The minimum absolute atomic E-state index is 0.0535. The zero-order chi connectivity index (χ0) is 15.6. The monoisotopic (exact) mass is 318 g/mol. The molecular weight excluding hydrogens is 301 g/mol. The fourth-order valence-corrected chi connectivity index (χ4v) is 2.78. The van der Waals surface area contributed by atoms with Crippen LogP contribution in [-0.2, 0) is 6.18 Å².